The molecule has 1 aliphatic heterocycles. The standard InChI is InChI=1S/C18H37NO3/c1-3-4-5-6-7-8-9-10-11-14-21-16-22-17(2)19-13-12-18(20)15-19/h17-18,20H,3-16H2,1-2H3/t17?,18-/m0/s1. The van der Waals surface area contributed by atoms with Gasteiger partial charge in [-0.05, 0) is 19.8 Å². The number of hydrogen-bond acceptors (Lipinski definition) is 4. The first-order valence-corrected chi connectivity index (χ1v) is 9.35. The van der Waals surface area contributed by atoms with Crippen molar-refractivity contribution in [3.63, 3.8) is 0 Å². The number of hydrogen-bond donors (Lipinski definition) is 1. The number of likely N-dealkylation sites (tertiary alicyclic amines) is 1. The zero-order valence-corrected chi connectivity index (χ0v) is 14.8. The highest BCUT2D eigenvalue weighted by Gasteiger charge is 2.24. The molecule has 1 heterocycles. The van der Waals surface area contributed by atoms with E-state index in [9.17, 15) is 5.11 Å². The maximum absolute atomic E-state index is 9.49. The second-order valence-corrected chi connectivity index (χ2v) is 6.56. The maximum atomic E-state index is 9.49. The first-order chi connectivity index (χ1) is 10.7. The molecule has 0 amide bonds. The Bertz CT molecular complexity index is 250. The Kier molecular flexibility index (Phi) is 12.0. The summed E-state index contributed by atoms with van der Waals surface area (Å²) < 4.78 is 11.2. The van der Waals surface area contributed by atoms with Crippen LogP contribution >= 0.6 is 0 Å². The number of rotatable bonds is 14. The van der Waals surface area contributed by atoms with Crippen molar-refractivity contribution < 1.29 is 14.6 Å². The van der Waals surface area contributed by atoms with E-state index in [1.165, 1.54) is 51.4 Å². The van der Waals surface area contributed by atoms with Gasteiger partial charge in [-0.25, -0.2) is 0 Å². The maximum Gasteiger partial charge on any atom is 0.148 e. The second-order valence-electron chi connectivity index (χ2n) is 6.56. The summed E-state index contributed by atoms with van der Waals surface area (Å²) in [5.74, 6) is 0. The topological polar surface area (TPSA) is 41.9 Å². The summed E-state index contributed by atoms with van der Waals surface area (Å²) in [6, 6.07) is 0. The van der Waals surface area contributed by atoms with Gasteiger partial charge in [-0.3, -0.25) is 4.90 Å². The van der Waals surface area contributed by atoms with Crippen molar-refractivity contribution in [1.29, 1.82) is 0 Å². The third-order valence-corrected chi connectivity index (χ3v) is 4.49. The number of aliphatic hydroxyl groups excluding tert-OH is 1. The number of nitrogens with zero attached hydrogens (tertiary/aromatic N) is 1. The molecule has 4 heteroatoms. The van der Waals surface area contributed by atoms with Crippen LogP contribution in [0.1, 0.15) is 78.1 Å². The molecule has 0 aromatic rings. The molecule has 4 nitrogen and oxygen atoms in total. The van der Waals surface area contributed by atoms with Gasteiger partial charge in [0.25, 0.3) is 0 Å². The lowest BCUT2D eigenvalue weighted by atomic mass is 10.1. The van der Waals surface area contributed by atoms with E-state index in [2.05, 4.69) is 11.8 Å². The fourth-order valence-electron chi connectivity index (χ4n) is 2.92. The molecular formula is C18H37NO3. The molecular weight excluding hydrogens is 278 g/mol. The Morgan fingerprint density at radius 1 is 1.05 bits per heavy atom. The monoisotopic (exact) mass is 315 g/mol. The van der Waals surface area contributed by atoms with Gasteiger partial charge in [0.15, 0.2) is 0 Å². The van der Waals surface area contributed by atoms with Crippen LogP contribution in [-0.4, -0.2) is 48.8 Å². The van der Waals surface area contributed by atoms with E-state index in [0.29, 0.717) is 6.79 Å². The predicted molar refractivity (Wildman–Crippen MR) is 90.8 cm³/mol. The van der Waals surface area contributed by atoms with Gasteiger partial charge < -0.3 is 14.6 Å². The van der Waals surface area contributed by atoms with Crippen LogP contribution < -0.4 is 0 Å². The van der Waals surface area contributed by atoms with E-state index < -0.39 is 0 Å². The first-order valence-electron chi connectivity index (χ1n) is 9.35. The van der Waals surface area contributed by atoms with Crippen LogP contribution in [0.25, 0.3) is 0 Å². The fourth-order valence-corrected chi connectivity index (χ4v) is 2.92. The minimum Gasteiger partial charge on any atom is -0.392 e. The van der Waals surface area contributed by atoms with E-state index in [4.69, 9.17) is 9.47 Å². The molecule has 1 aliphatic rings. The molecule has 0 bridgehead atoms. The molecule has 2 atom stereocenters. The summed E-state index contributed by atoms with van der Waals surface area (Å²) >= 11 is 0. The second kappa shape index (κ2) is 13.3. The Balaban J connectivity index is 1.78. The highest BCUT2D eigenvalue weighted by Crippen LogP contribution is 2.13. The number of β-amino-alcohol motifs (C(OH)–C–C–N with tert-alkyl or cyclic N) is 1. The lowest BCUT2D eigenvalue weighted by Gasteiger charge is -2.23. The normalized spacial score (nSPS) is 20.6. The van der Waals surface area contributed by atoms with E-state index in [-0.39, 0.29) is 12.3 Å². The SMILES string of the molecule is CCCCCCCCCCCOCOC(C)N1CC[C@H](O)C1. The van der Waals surface area contributed by atoms with Crippen LogP contribution in [0, 0.1) is 0 Å². The molecule has 22 heavy (non-hydrogen) atoms. The molecule has 0 aromatic carbocycles. The number of aliphatic hydroxyl groups is 1. The summed E-state index contributed by atoms with van der Waals surface area (Å²) in [6.07, 6.45) is 12.7. The molecule has 1 fully saturated rings. The minimum atomic E-state index is -0.186. The Morgan fingerprint density at radius 3 is 2.27 bits per heavy atom. The van der Waals surface area contributed by atoms with E-state index >= 15 is 0 Å². The van der Waals surface area contributed by atoms with Crippen molar-refractivity contribution in [3.05, 3.63) is 0 Å². The number of unbranched alkanes of at least 4 members (excludes halogenated alkanes) is 8. The highest BCUT2D eigenvalue weighted by atomic mass is 16.7. The lowest BCUT2D eigenvalue weighted by molar-refractivity contribution is -0.131. The highest BCUT2D eigenvalue weighted by molar-refractivity contribution is 4.74. The lowest BCUT2D eigenvalue weighted by Crippen LogP contribution is -2.34. The van der Waals surface area contributed by atoms with Crippen molar-refractivity contribution in [2.45, 2.75) is 90.4 Å². The van der Waals surface area contributed by atoms with E-state index in [1.54, 1.807) is 0 Å². The molecule has 0 saturated carbocycles. The van der Waals surface area contributed by atoms with Gasteiger partial charge in [0.05, 0.1) is 6.10 Å². The summed E-state index contributed by atoms with van der Waals surface area (Å²) in [6.45, 7) is 7.09. The van der Waals surface area contributed by atoms with Crippen LogP contribution in [0.2, 0.25) is 0 Å². The molecule has 0 spiro atoms. The fraction of sp³-hybridized carbons (Fsp3) is 1.00. The Morgan fingerprint density at radius 2 is 1.68 bits per heavy atom. The zero-order valence-electron chi connectivity index (χ0n) is 14.8. The summed E-state index contributed by atoms with van der Waals surface area (Å²) in [7, 11) is 0. The molecule has 0 radical (unpaired) electrons. The predicted octanol–water partition coefficient (Wildman–Crippen LogP) is 3.92. The van der Waals surface area contributed by atoms with Crippen LogP contribution in [0.5, 0.6) is 0 Å². The average Bonchev–Trinajstić information content (AvgIpc) is 2.95. The van der Waals surface area contributed by atoms with Gasteiger partial charge in [-0.1, -0.05) is 58.3 Å². The Labute approximate surface area is 137 Å². The van der Waals surface area contributed by atoms with Crippen molar-refractivity contribution in [3.8, 4) is 0 Å². The molecule has 0 aliphatic carbocycles. The van der Waals surface area contributed by atoms with Crippen molar-refractivity contribution in [2.75, 3.05) is 26.5 Å². The minimum absolute atomic E-state index is 0.0419. The molecule has 1 saturated heterocycles. The Hall–Kier alpha value is -0.160. The van der Waals surface area contributed by atoms with Crippen molar-refractivity contribution >= 4 is 0 Å². The van der Waals surface area contributed by atoms with Gasteiger partial charge in [0.1, 0.15) is 13.0 Å². The molecule has 1 unspecified atom stereocenters. The first kappa shape index (κ1) is 19.9. The molecule has 132 valence electrons. The van der Waals surface area contributed by atoms with Crippen molar-refractivity contribution in [2.24, 2.45) is 0 Å². The van der Waals surface area contributed by atoms with Gasteiger partial charge in [-0.15, -0.1) is 0 Å². The van der Waals surface area contributed by atoms with Gasteiger partial charge >= 0.3 is 0 Å². The summed E-state index contributed by atoms with van der Waals surface area (Å²) in [4.78, 5) is 2.16. The number of ether oxygens (including phenoxy) is 2. The van der Waals surface area contributed by atoms with E-state index in [0.717, 1.165) is 32.5 Å². The summed E-state index contributed by atoms with van der Waals surface area (Å²) in [5, 5.41) is 9.49. The van der Waals surface area contributed by atoms with Gasteiger partial charge in [0.2, 0.25) is 0 Å². The smallest absolute Gasteiger partial charge is 0.148 e. The van der Waals surface area contributed by atoms with Crippen LogP contribution in [0.15, 0.2) is 0 Å². The van der Waals surface area contributed by atoms with Crippen molar-refractivity contribution in [1.82, 2.24) is 4.90 Å². The third-order valence-electron chi connectivity index (χ3n) is 4.49. The quantitative estimate of drug-likeness (QED) is 0.390. The molecule has 1 rings (SSSR count). The van der Waals surface area contributed by atoms with Crippen LogP contribution in [0.3, 0.4) is 0 Å². The third kappa shape index (κ3) is 9.78. The summed E-state index contributed by atoms with van der Waals surface area (Å²) in [5.41, 5.74) is 0. The largest absolute Gasteiger partial charge is 0.392 e. The zero-order chi connectivity index (χ0) is 16.0. The van der Waals surface area contributed by atoms with Crippen LogP contribution in [-0.2, 0) is 9.47 Å². The van der Waals surface area contributed by atoms with Gasteiger partial charge in [0, 0.05) is 19.7 Å². The van der Waals surface area contributed by atoms with Crippen LogP contribution in [0.4, 0.5) is 0 Å². The van der Waals surface area contributed by atoms with Gasteiger partial charge in [-0.2, -0.15) is 0 Å². The van der Waals surface area contributed by atoms with E-state index in [1.807, 2.05) is 6.92 Å². The molecule has 1 N–H and O–H groups in total. The average molecular weight is 315 g/mol. The molecule has 0 aromatic heterocycles.